The molecule has 28 heavy (non-hydrogen) atoms. The second-order valence-corrected chi connectivity index (χ2v) is 8.42. The minimum atomic E-state index is -1.57. The van der Waals surface area contributed by atoms with Crippen LogP contribution in [0.25, 0.3) is 0 Å². The number of allylic oxidation sites excluding steroid dienone is 1. The number of aliphatic hydroxyl groups excluding tert-OH is 5. The fraction of sp³-hybridized carbons (Fsp3) is 0.750. The van der Waals surface area contributed by atoms with Gasteiger partial charge in [0.15, 0.2) is 0 Å². The Kier molecular flexibility index (Phi) is 7.17. The van der Waals surface area contributed by atoms with Gasteiger partial charge in [0.1, 0.15) is 0 Å². The Bertz CT molecular complexity index is 643. The van der Waals surface area contributed by atoms with Crippen LogP contribution in [0.15, 0.2) is 9.48 Å². The zero-order valence-corrected chi connectivity index (χ0v) is 17.6. The molecule has 0 aromatic carbocycles. The normalized spacial score (nSPS) is 42.1. The van der Waals surface area contributed by atoms with Gasteiger partial charge in [-0.25, -0.2) is 0 Å². The van der Waals surface area contributed by atoms with Crippen molar-refractivity contribution in [2.75, 3.05) is 13.2 Å². The molecule has 5 N–H and O–H groups in total. The van der Waals surface area contributed by atoms with Gasteiger partial charge < -0.3 is 10.2 Å². The topological polar surface area (TPSA) is 166 Å². The van der Waals surface area contributed by atoms with E-state index in [9.17, 15) is 35.1 Å². The summed E-state index contributed by atoms with van der Waals surface area (Å²) in [5, 5.41) is 48.9. The summed E-state index contributed by atoms with van der Waals surface area (Å²) in [6.45, 7) is -0.814. The molecule has 158 valence electrons. The quantitative estimate of drug-likeness (QED) is 0.200. The van der Waals surface area contributed by atoms with E-state index in [2.05, 4.69) is 0 Å². The number of carbonyl (C=O) groups is 2. The summed E-state index contributed by atoms with van der Waals surface area (Å²) in [5.74, 6) is -0.656. The minimum absolute atomic E-state index is 0.110. The van der Waals surface area contributed by atoms with Gasteiger partial charge in [-0.05, 0) is 0 Å². The van der Waals surface area contributed by atoms with E-state index in [0.29, 0.717) is 3.28 Å². The number of rotatable bonds is 5. The molecule has 2 saturated heterocycles. The second kappa shape index (κ2) is 9.07. The van der Waals surface area contributed by atoms with Crippen molar-refractivity contribution < 1.29 is 74.1 Å². The van der Waals surface area contributed by atoms with Crippen LogP contribution >= 0.6 is 0 Å². The summed E-state index contributed by atoms with van der Waals surface area (Å²) < 4.78 is 16.8. The first kappa shape index (κ1) is 22.1. The van der Waals surface area contributed by atoms with E-state index in [0.717, 1.165) is 24.7 Å². The van der Waals surface area contributed by atoms with Crippen LogP contribution in [0.5, 0.6) is 0 Å². The maximum absolute atomic E-state index is 12.1. The number of aliphatic hydroxyl groups is 5. The van der Waals surface area contributed by atoms with Crippen LogP contribution in [0.3, 0.4) is 0 Å². The average molecular weight is 599 g/mol. The number of nitrogens with zero attached hydrogens (tertiary/aromatic N) is 1. The molecule has 0 bridgehead atoms. The third-order valence-electron chi connectivity index (χ3n) is 4.91. The monoisotopic (exact) mass is 599 g/mol. The first-order valence-electron chi connectivity index (χ1n) is 8.70. The Labute approximate surface area is 175 Å². The summed E-state index contributed by atoms with van der Waals surface area (Å²) in [7, 11) is 0. The molecule has 3 aliphatic rings. The number of ketones is 1. The van der Waals surface area contributed by atoms with E-state index >= 15 is 0 Å². The van der Waals surface area contributed by atoms with E-state index in [4.69, 9.17) is 14.2 Å². The summed E-state index contributed by atoms with van der Waals surface area (Å²) in [6.07, 6.45) is -8.38. The van der Waals surface area contributed by atoms with Gasteiger partial charge in [-0.1, -0.05) is 0 Å². The van der Waals surface area contributed by atoms with Crippen LogP contribution in [0.2, 0.25) is 0 Å². The summed E-state index contributed by atoms with van der Waals surface area (Å²) >= 11 is 1.15. The Morgan fingerprint density at radius 3 is 2.50 bits per heavy atom. The molecule has 0 saturated carbocycles. The molecule has 0 aliphatic carbocycles. The van der Waals surface area contributed by atoms with Crippen molar-refractivity contribution in [3.63, 3.8) is 0 Å². The van der Waals surface area contributed by atoms with Crippen molar-refractivity contribution in [1.82, 2.24) is 4.90 Å². The van der Waals surface area contributed by atoms with Gasteiger partial charge >= 0.3 is 165 Å². The number of ether oxygens (including phenoxy) is 3. The molecule has 0 radical (unpaired) electrons. The molecular formula is C16H22AtNO10. The predicted octanol–water partition coefficient (Wildman–Crippen LogP) is -3.53. The fourth-order valence-electron chi connectivity index (χ4n) is 3.25. The average Bonchev–Trinajstić information content (AvgIpc) is 3.02. The molecule has 12 heteroatoms. The van der Waals surface area contributed by atoms with Crippen LogP contribution in [0.4, 0.5) is 0 Å². The van der Waals surface area contributed by atoms with Crippen LogP contribution in [0, 0.1) is 24.7 Å². The van der Waals surface area contributed by atoms with Gasteiger partial charge in [0, 0.05) is 0 Å². The van der Waals surface area contributed by atoms with Gasteiger partial charge in [0.2, 0.25) is 0 Å². The van der Waals surface area contributed by atoms with Crippen LogP contribution in [-0.2, 0) is 23.8 Å². The van der Waals surface area contributed by atoms with Gasteiger partial charge in [-0.2, -0.15) is 0 Å². The van der Waals surface area contributed by atoms with Crippen molar-refractivity contribution in [2.45, 2.75) is 62.0 Å². The van der Waals surface area contributed by atoms with E-state index in [-0.39, 0.29) is 25.2 Å². The number of hydrogen-bond donors (Lipinski definition) is 5. The molecule has 0 spiro atoms. The molecule has 0 unspecified atom stereocenters. The molecule has 0 aromatic heterocycles. The molecule has 11 nitrogen and oxygen atoms in total. The number of carbonyl (C=O) groups excluding carboxylic acids is 2. The van der Waals surface area contributed by atoms with Gasteiger partial charge in [-0.3, -0.25) is 0 Å². The molecule has 3 rings (SSSR count). The molecule has 0 aromatic rings. The SMILES string of the molecule is O=C1CC(=O)N([C@H]2C[C@@H](O)[C@@H](CO[C@@H]3O[C@H](CO)[C@@H](O)[C@H](O)[C@H]3O)O2)C=C1[211At]. The molecule has 8 atom stereocenters. The van der Waals surface area contributed by atoms with Crippen LogP contribution in [0.1, 0.15) is 12.8 Å². The van der Waals surface area contributed by atoms with E-state index in [1.165, 1.54) is 11.1 Å². The number of amides is 1. The molecule has 3 aliphatic heterocycles. The summed E-state index contributed by atoms with van der Waals surface area (Å²) in [5.41, 5.74) is 0. The molecular weight excluding hydrogens is 577 g/mol. The summed E-state index contributed by atoms with van der Waals surface area (Å²) in [6, 6.07) is 0. The van der Waals surface area contributed by atoms with E-state index in [1.807, 2.05) is 0 Å². The van der Waals surface area contributed by atoms with Crippen LogP contribution in [-0.4, -0.2) is 104 Å². The standard InChI is InChI=1S/C16H22AtNO10/c17-6-3-18(11(22)1-7(6)20)12-2-8(21)10(27-12)5-26-16-15(25)14(24)13(23)9(4-19)28-16/h3,8-10,12-16,19,21,23-25H,1-2,4-5H2/t8-,9-,10-,12-,13-,14+,15-,16-/m1/s1/i17+1. The number of Topliss-reactive ketones (excluding diaryl/α,β-unsaturated/α-hetero) is 1. The zero-order chi connectivity index (χ0) is 20.6. The maximum atomic E-state index is 12.1. The van der Waals surface area contributed by atoms with Crippen LogP contribution < -0.4 is 0 Å². The zero-order valence-electron chi connectivity index (χ0n) is 14.6. The Hall–Kier alpha value is -0.557. The summed E-state index contributed by atoms with van der Waals surface area (Å²) in [4.78, 5) is 25.0. The first-order valence-corrected chi connectivity index (χ1v) is 10.2. The van der Waals surface area contributed by atoms with Crippen molar-refractivity contribution in [1.29, 1.82) is 0 Å². The van der Waals surface area contributed by atoms with E-state index in [1.54, 1.807) is 0 Å². The van der Waals surface area contributed by atoms with Crippen molar-refractivity contribution in [3.8, 4) is 0 Å². The first-order chi connectivity index (χ1) is 13.2. The van der Waals surface area contributed by atoms with Gasteiger partial charge in [-0.15, -0.1) is 0 Å². The van der Waals surface area contributed by atoms with Crippen molar-refractivity contribution in [2.24, 2.45) is 0 Å². The Morgan fingerprint density at radius 1 is 1.11 bits per heavy atom. The van der Waals surface area contributed by atoms with E-state index < -0.39 is 61.7 Å². The van der Waals surface area contributed by atoms with Gasteiger partial charge in [0.25, 0.3) is 0 Å². The van der Waals surface area contributed by atoms with Crippen molar-refractivity contribution in [3.05, 3.63) is 9.48 Å². The Morgan fingerprint density at radius 2 is 1.82 bits per heavy atom. The molecule has 1 amide bonds. The molecule has 3 heterocycles. The predicted molar refractivity (Wildman–Crippen MR) is 83.6 cm³/mol. The third-order valence-corrected chi connectivity index (χ3v) is 6.10. The van der Waals surface area contributed by atoms with Crippen molar-refractivity contribution >= 4 is 11.7 Å². The number of hydrogen-bond acceptors (Lipinski definition) is 10. The van der Waals surface area contributed by atoms with Gasteiger partial charge in [0.05, 0.1) is 0 Å². The second-order valence-electron chi connectivity index (χ2n) is 6.84. The third kappa shape index (κ3) is 4.45. The molecule has 2 fully saturated rings. The fourth-order valence-corrected chi connectivity index (χ4v) is 3.92. The Balaban J connectivity index is 1.58.